The summed E-state index contributed by atoms with van der Waals surface area (Å²) in [4.78, 5) is 14.1. The number of carbonyl (C=O) groups excluding carboxylic acids is 1. The largest absolute Gasteiger partial charge is 0.338 e. The minimum absolute atomic E-state index is 0.188. The molecular weight excluding hydrogens is 262 g/mol. The Morgan fingerprint density at radius 1 is 1.37 bits per heavy atom. The maximum absolute atomic E-state index is 11.8. The number of halogens is 1. The van der Waals surface area contributed by atoms with Gasteiger partial charge in [0.2, 0.25) is 0 Å². The van der Waals surface area contributed by atoms with E-state index in [0.717, 1.165) is 32.5 Å². The number of benzene rings is 1. The number of nitrogens with one attached hydrogen (secondary N) is 2. The normalized spacial score (nSPS) is 17.2. The minimum atomic E-state index is -0.188. The number of rotatable bonds is 3. The summed E-state index contributed by atoms with van der Waals surface area (Å²) in [5, 5.41) is 6.23. The molecule has 2 rings (SSSR count). The van der Waals surface area contributed by atoms with Crippen molar-refractivity contribution < 1.29 is 4.79 Å². The molecule has 1 fully saturated rings. The van der Waals surface area contributed by atoms with Crippen LogP contribution in [0, 0.1) is 5.92 Å². The summed E-state index contributed by atoms with van der Waals surface area (Å²) in [5.41, 5.74) is 0.644. The van der Waals surface area contributed by atoms with Crippen molar-refractivity contribution in [1.82, 2.24) is 10.2 Å². The lowest BCUT2D eigenvalue weighted by molar-refractivity contribution is 0.213. The Morgan fingerprint density at radius 3 is 2.74 bits per heavy atom. The highest BCUT2D eigenvalue weighted by Crippen LogP contribution is 2.20. The monoisotopic (exact) mass is 281 g/mol. The first-order valence-corrected chi connectivity index (χ1v) is 7.01. The van der Waals surface area contributed by atoms with Gasteiger partial charge in [0.05, 0.1) is 10.7 Å². The van der Waals surface area contributed by atoms with E-state index >= 15 is 0 Å². The second kappa shape index (κ2) is 6.78. The zero-order valence-electron chi connectivity index (χ0n) is 11.2. The second-order valence-corrected chi connectivity index (χ2v) is 5.47. The van der Waals surface area contributed by atoms with Crippen LogP contribution in [0.2, 0.25) is 5.02 Å². The average Bonchev–Trinajstić information content (AvgIpc) is 2.41. The Kier molecular flexibility index (Phi) is 5.05. The molecule has 0 atom stereocenters. The van der Waals surface area contributed by atoms with Crippen molar-refractivity contribution >= 4 is 23.3 Å². The van der Waals surface area contributed by atoms with Gasteiger partial charge in [0.25, 0.3) is 0 Å². The molecular formula is C14H20ClN3O. The van der Waals surface area contributed by atoms with Crippen LogP contribution in [-0.4, -0.2) is 37.6 Å². The maximum atomic E-state index is 11.8. The Bertz CT molecular complexity index is 430. The lowest BCUT2D eigenvalue weighted by Gasteiger charge is -2.28. The van der Waals surface area contributed by atoms with E-state index in [1.807, 2.05) is 12.1 Å². The van der Waals surface area contributed by atoms with Crippen molar-refractivity contribution in [3.8, 4) is 0 Å². The third-order valence-electron chi connectivity index (χ3n) is 3.51. The summed E-state index contributed by atoms with van der Waals surface area (Å²) in [6.07, 6.45) is 2.28. The van der Waals surface area contributed by atoms with Gasteiger partial charge in [0.1, 0.15) is 0 Å². The van der Waals surface area contributed by atoms with Gasteiger partial charge in [-0.05, 0) is 51.0 Å². The number of hydrogen-bond acceptors (Lipinski definition) is 2. The Labute approximate surface area is 119 Å². The van der Waals surface area contributed by atoms with E-state index in [0.29, 0.717) is 16.6 Å². The van der Waals surface area contributed by atoms with Crippen molar-refractivity contribution in [1.29, 1.82) is 0 Å². The minimum Gasteiger partial charge on any atom is -0.338 e. The molecule has 1 aliphatic rings. The summed E-state index contributed by atoms with van der Waals surface area (Å²) in [7, 11) is 2.13. The average molecular weight is 282 g/mol. The molecule has 0 radical (unpaired) electrons. The van der Waals surface area contributed by atoms with Crippen LogP contribution in [0.5, 0.6) is 0 Å². The lowest BCUT2D eigenvalue weighted by Crippen LogP contribution is -2.38. The molecule has 1 saturated heterocycles. The number of likely N-dealkylation sites (tertiary alicyclic amines) is 1. The fourth-order valence-corrected chi connectivity index (χ4v) is 2.42. The van der Waals surface area contributed by atoms with E-state index < -0.39 is 0 Å². The number of para-hydroxylation sites is 1. The van der Waals surface area contributed by atoms with Gasteiger partial charge in [-0.1, -0.05) is 23.7 Å². The number of anilines is 1. The standard InChI is InChI=1S/C14H20ClN3O/c1-18-8-6-11(7-9-18)10-16-14(19)17-13-5-3-2-4-12(13)15/h2-5,11H,6-10H2,1H3,(H2,16,17,19). The first-order valence-electron chi connectivity index (χ1n) is 6.63. The number of urea groups is 1. The molecule has 1 aliphatic heterocycles. The fraction of sp³-hybridized carbons (Fsp3) is 0.500. The summed E-state index contributed by atoms with van der Waals surface area (Å²) < 4.78 is 0. The second-order valence-electron chi connectivity index (χ2n) is 5.06. The van der Waals surface area contributed by atoms with E-state index in [1.165, 1.54) is 0 Å². The third kappa shape index (κ3) is 4.40. The Hall–Kier alpha value is -1.26. The molecule has 1 heterocycles. The van der Waals surface area contributed by atoms with Crippen LogP contribution in [-0.2, 0) is 0 Å². The van der Waals surface area contributed by atoms with Crippen LogP contribution in [0.1, 0.15) is 12.8 Å². The van der Waals surface area contributed by atoms with Crippen molar-refractivity contribution in [2.24, 2.45) is 5.92 Å². The van der Waals surface area contributed by atoms with Gasteiger partial charge in [-0.2, -0.15) is 0 Å². The molecule has 104 valence electrons. The predicted molar refractivity (Wildman–Crippen MR) is 78.7 cm³/mol. The highest BCUT2D eigenvalue weighted by molar-refractivity contribution is 6.33. The molecule has 0 aliphatic carbocycles. The number of piperidine rings is 1. The van der Waals surface area contributed by atoms with Crippen molar-refractivity contribution in [3.63, 3.8) is 0 Å². The van der Waals surface area contributed by atoms with Crippen LogP contribution in [0.4, 0.5) is 10.5 Å². The van der Waals surface area contributed by atoms with Gasteiger partial charge in [-0.15, -0.1) is 0 Å². The number of nitrogens with zero attached hydrogens (tertiary/aromatic N) is 1. The van der Waals surface area contributed by atoms with Gasteiger partial charge in [0, 0.05) is 6.54 Å². The number of amides is 2. The van der Waals surface area contributed by atoms with Gasteiger partial charge >= 0.3 is 6.03 Å². The van der Waals surface area contributed by atoms with E-state index in [-0.39, 0.29) is 6.03 Å². The molecule has 0 aromatic heterocycles. The quantitative estimate of drug-likeness (QED) is 0.895. The molecule has 19 heavy (non-hydrogen) atoms. The number of carbonyl (C=O) groups is 1. The van der Waals surface area contributed by atoms with Gasteiger partial charge in [-0.25, -0.2) is 4.79 Å². The highest BCUT2D eigenvalue weighted by Gasteiger charge is 2.17. The molecule has 0 bridgehead atoms. The molecule has 0 unspecified atom stereocenters. The molecule has 2 N–H and O–H groups in total. The van der Waals surface area contributed by atoms with E-state index in [2.05, 4.69) is 22.6 Å². The summed E-state index contributed by atoms with van der Waals surface area (Å²) in [6.45, 7) is 2.95. The van der Waals surface area contributed by atoms with Crippen LogP contribution >= 0.6 is 11.6 Å². The smallest absolute Gasteiger partial charge is 0.319 e. The molecule has 0 spiro atoms. The van der Waals surface area contributed by atoms with Crippen molar-refractivity contribution in [2.75, 3.05) is 32.0 Å². The van der Waals surface area contributed by atoms with E-state index in [9.17, 15) is 4.79 Å². The maximum Gasteiger partial charge on any atom is 0.319 e. The molecule has 1 aromatic carbocycles. The van der Waals surface area contributed by atoms with E-state index in [4.69, 9.17) is 11.6 Å². The topological polar surface area (TPSA) is 44.4 Å². The SMILES string of the molecule is CN1CCC(CNC(=O)Nc2ccccc2Cl)CC1. The first kappa shape index (κ1) is 14.2. The first-order chi connectivity index (χ1) is 9.15. The molecule has 1 aromatic rings. The summed E-state index contributed by atoms with van der Waals surface area (Å²) in [6, 6.07) is 7.04. The van der Waals surface area contributed by atoms with E-state index in [1.54, 1.807) is 12.1 Å². The molecule has 5 heteroatoms. The predicted octanol–water partition coefficient (Wildman–Crippen LogP) is 2.80. The van der Waals surface area contributed by atoms with Crippen molar-refractivity contribution in [3.05, 3.63) is 29.3 Å². The zero-order valence-corrected chi connectivity index (χ0v) is 11.9. The van der Waals surface area contributed by atoms with Crippen molar-refractivity contribution in [2.45, 2.75) is 12.8 Å². The molecule has 2 amide bonds. The Morgan fingerprint density at radius 2 is 2.05 bits per heavy atom. The third-order valence-corrected chi connectivity index (χ3v) is 3.84. The van der Waals surface area contributed by atoms with Crippen LogP contribution in [0.3, 0.4) is 0 Å². The highest BCUT2D eigenvalue weighted by atomic mass is 35.5. The number of hydrogen-bond donors (Lipinski definition) is 2. The summed E-state index contributed by atoms with van der Waals surface area (Å²) >= 11 is 5.99. The van der Waals surface area contributed by atoms with Gasteiger partial charge < -0.3 is 15.5 Å². The fourth-order valence-electron chi connectivity index (χ4n) is 2.23. The van der Waals surface area contributed by atoms with Crippen LogP contribution in [0.25, 0.3) is 0 Å². The molecule has 4 nitrogen and oxygen atoms in total. The lowest BCUT2D eigenvalue weighted by atomic mass is 9.97. The van der Waals surface area contributed by atoms with Crippen LogP contribution in [0.15, 0.2) is 24.3 Å². The van der Waals surface area contributed by atoms with Gasteiger partial charge in [-0.3, -0.25) is 0 Å². The van der Waals surface area contributed by atoms with Gasteiger partial charge in [0.15, 0.2) is 0 Å². The summed E-state index contributed by atoms with van der Waals surface area (Å²) in [5.74, 6) is 0.577. The van der Waals surface area contributed by atoms with Crippen LogP contribution < -0.4 is 10.6 Å². The zero-order chi connectivity index (χ0) is 13.7. The molecule has 0 saturated carbocycles. The Balaban J connectivity index is 1.74.